The Morgan fingerprint density at radius 2 is 2.15 bits per heavy atom. The van der Waals surface area contributed by atoms with Gasteiger partial charge in [0.05, 0.1) is 17.6 Å². The molecule has 1 aromatic rings. The smallest absolute Gasteiger partial charge is 0.255 e. The van der Waals surface area contributed by atoms with Crippen molar-refractivity contribution in [1.29, 1.82) is 0 Å². The number of terminal acetylenes is 1. The number of rotatable bonds is 5. The van der Waals surface area contributed by atoms with Crippen LogP contribution in [-0.2, 0) is 0 Å². The fourth-order valence-corrected chi connectivity index (χ4v) is 1.60. The largest absolute Gasteiger partial charge is 0.379 e. The van der Waals surface area contributed by atoms with Gasteiger partial charge in [-0.3, -0.25) is 4.79 Å². The van der Waals surface area contributed by atoms with Crippen LogP contribution in [0.4, 0.5) is 14.5 Å². The standard InChI is InChI=1S/C14H15ClF2N2O/c1-4-14(2,3)19-13(20)10-7-9(15)5-6-11(10)18-8-12(16)17/h1,5-7,12,18H,8H2,2-3H3,(H,19,20). The van der Waals surface area contributed by atoms with Gasteiger partial charge in [-0.15, -0.1) is 6.42 Å². The Morgan fingerprint density at radius 3 is 2.70 bits per heavy atom. The van der Waals surface area contributed by atoms with Crippen molar-refractivity contribution < 1.29 is 13.6 Å². The molecular formula is C14H15ClF2N2O. The van der Waals surface area contributed by atoms with Gasteiger partial charge in [-0.25, -0.2) is 8.78 Å². The van der Waals surface area contributed by atoms with Crippen molar-refractivity contribution in [1.82, 2.24) is 5.32 Å². The quantitative estimate of drug-likeness (QED) is 0.820. The van der Waals surface area contributed by atoms with Crippen molar-refractivity contribution >= 4 is 23.2 Å². The number of amides is 1. The first-order chi connectivity index (χ1) is 9.25. The Balaban J connectivity index is 3.00. The number of anilines is 1. The van der Waals surface area contributed by atoms with Gasteiger partial charge in [-0.2, -0.15) is 0 Å². The minimum absolute atomic E-state index is 0.168. The maximum absolute atomic E-state index is 12.2. The summed E-state index contributed by atoms with van der Waals surface area (Å²) in [4.78, 5) is 12.1. The van der Waals surface area contributed by atoms with Crippen molar-refractivity contribution in [3.05, 3.63) is 28.8 Å². The second-order valence-electron chi connectivity index (χ2n) is 4.69. The lowest BCUT2D eigenvalue weighted by molar-refractivity contribution is 0.0930. The molecule has 0 aliphatic carbocycles. The van der Waals surface area contributed by atoms with Crippen LogP contribution in [0, 0.1) is 12.3 Å². The minimum atomic E-state index is -2.52. The number of nitrogens with one attached hydrogen (secondary N) is 2. The molecule has 0 aliphatic rings. The van der Waals surface area contributed by atoms with Crippen molar-refractivity contribution in [2.24, 2.45) is 0 Å². The van der Waals surface area contributed by atoms with E-state index in [1.807, 2.05) is 0 Å². The molecule has 6 heteroatoms. The molecule has 0 radical (unpaired) electrons. The van der Waals surface area contributed by atoms with Crippen molar-refractivity contribution in [2.45, 2.75) is 25.8 Å². The SMILES string of the molecule is C#CC(C)(C)NC(=O)c1cc(Cl)ccc1NCC(F)F. The van der Waals surface area contributed by atoms with Crippen molar-refractivity contribution in [3.63, 3.8) is 0 Å². The molecule has 0 heterocycles. The first-order valence-corrected chi connectivity index (χ1v) is 6.25. The Hall–Kier alpha value is -1.80. The first-order valence-electron chi connectivity index (χ1n) is 5.87. The monoisotopic (exact) mass is 300 g/mol. The summed E-state index contributed by atoms with van der Waals surface area (Å²) in [5.74, 6) is 1.94. The van der Waals surface area contributed by atoms with Crippen molar-refractivity contribution in [2.75, 3.05) is 11.9 Å². The van der Waals surface area contributed by atoms with E-state index in [0.29, 0.717) is 5.02 Å². The molecule has 0 aromatic heterocycles. The number of hydrogen-bond donors (Lipinski definition) is 2. The second kappa shape index (κ2) is 6.58. The number of halogens is 3. The van der Waals surface area contributed by atoms with Crippen LogP contribution in [-0.4, -0.2) is 24.4 Å². The van der Waals surface area contributed by atoms with E-state index in [0.717, 1.165) is 0 Å². The molecule has 1 amide bonds. The van der Waals surface area contributed by atoms with E-state index in [1.54, 1.807) is 13.8 Å². The third-order valence-electron chi connectivity index (χ3n) is 2.46. The molecule has 0 bridgehead atoms. The van der Waals surface area contributed by atoms with Gasteiger partial charge in [0, 0.05) is 10.7 Å². The van der Waals surface area contributed by atoms with Crippen molar-refractivity contribution in [3.8, 4) is 12.3 Å². The number of hydrogen-bond acceptors (Lipinski definition) is 2. The van der Waals surface area contributed by atoms with Gasteiger partial charge in [0.25, 0.3) is 12.3 Å². The zero-order valence-electron chi connectivity index (χ0n) is 11.1. The summed E-state index contributed by atoms with van der Waals surface area (Å²) < 4.78 is 24.5. The van der Waals surface area contributed by atoms with Gasteiger partial charge >= 0.3 is 0 Å². The molecule has 108 valence electrons. The molecule has 1 rings (SSSR count). The lowest BCUT2D eigenvalue weighted by atomic mass is 10.1. The van der Waals surface area contributed by atoms with E-state index >= 15 is 0 Å². The number of alkyl halides is 2. The second-order valence-corrected chi connectivity index (χ2v) is 5.12. The predicted octanol–water partition coefficient (Wildman–Crippen LogP) is 3.16. The topological polar surface area (TPSA) is 41.1 Å². The van der Waals surface area contributed by atoms with Gasteiger partial charge in [0.15, 0.2) is 0 Å². The zero-order chi connectivity index (χ0) is 15.3. The fourth-order valence-electron chi connectivity index (χ4n) is 1.43. The predicted molar refractivity (Wildman–Crippen MR) is 76.3 cm³/mol. The maximum Gasteiger partial charge on any atom is 0.255 e. The fraction of sp³-hybridized carbons (Fsp3) is 0.357. The van der Waals surface area contributed by atoms with Crippen LogP contribution in [0.3, 0.4) is 0 Å². The third kappa shape index (κ3) is 4.71. The van der Waals surface area contributed by atoms with Gasteiger partial charge in [-0.1, -0.05) is 17.5 Å². The van der Waals surface area contributed by atoms with Gasteiger partial charge in [0.1, 0.15) is 0 Å². The summed E-state index contributed by atoms with van der Waals surface area (Å²) in [7, 11) is 0. The highest BCUT2D eigenvalue weighted by atomic mass is 35.5. The minimum Gasteiger partial charge on any atom is -0.379 e. The highest BCUT2D eigenvalue weighted by molar-refractivity contribution is 6.31. The van der Waals surface area contributed by atoms with Crippen LogP contribution in [0.2, 0.25) is 5.02 Å². The van der Waals surface area contributed by atoms with Crippen LogP contribution in [0.1, 0.15) is 24.2 Å². The molecule has 0 atom stereocenters. The summed E-state index contributed by atoms with van der Waals surface area (Å²) in [5, 5.41) is 5.45. The van der Waals surface area contributed by atoms with E-state index in [-0.39, 0.29) is 11.3 Å². The summed E-state index contributed by atoms with van der Waals surface area (Å²) in [6.07, 6.45) is 2.77. The molecule has 0 saturated heterocycles. The van der Waals surface area contributed by atoms with Gasteiger partial charge in [0.2, 0.25) is 0 Å². The van der Waals surface area contributed by atoms with Crippen LogP contribution in [0.5, 0.6) is 0 Å². The van der Waals surface area contributed by atoms with E-state index in [4.69, 9.17) is 18.0 Å². The Labute approximate surface area is 121 Å². The van der Waals surface area contributed by atoms with Crippen LogP contribution in [0.15, 0.2) is 18.2 Å². The Morgan fingerprint density at radius 1 is 1.50 bits per heavy atom. The zero-order valence-corrected chi connectivity index (χ0v) is 11.9. The highest BCUT2D eigenvalue weighted by Gasteiger charge is 2.20. The molecule has 0 fully saturated rings. The molecule has 1 aromatic carbocycles. The average Bonchev–Trinajstić information content (AvgIpc) is 2.36. The van der Waals surface area contributed by atoms with E-state index in [1.165, 1.54) is 18.2 Å². The molecule has 2 N–H and O–H groups in total. The summed E-state index contributed by atoms with van der Waals surface area (Å²) >= 11 is 5.83. The lowest BCUT2D eigenvalue weighted by Crippen LogP contribution is -2.42. The first kappa shape index (κ1) is 16.3. The van der Waals surface area contributed by atoms with Crippen LogP contribution in [0.25, 0.3) is 0 Å². The molecule has 20 heavy (non-hydrogen) atoms. The molecule has 0 spiro atoms. The summed E-state index contributed by atoms with van der Waals surface area (Å²) in [6, 6.07) is 4.39. The van der Waals surface area contributed by atoms with Crippen LogP contribution >= 0.6 is 11.6 Å². The van der Waals surface area contributed by atoms with Gasteiger partial charge in [-0.05, 0) is 32.0 Å². The Kier molecular flexibility index (Phi) is 5.34. The number of benzene rings is 1. The third-order valence-corrected chi connectivity index (χ3v) is 2.70. The maximum atomic E-state index is 12.2. The molecular weight excluding hydrogens is 286 g/mol. The lowest BCUT2D eigenvalue weighted by Gasteiger charge is -2.21. The molecule has 3 nitrogen and oxygen atoms in total. The van der Waals surface area contributed by atoms with E-state index in [2.05, 4.69) is 16.6 Å². The number of carbonyl (C=O) groups is 1. The highest BCUT2D eigenvalue weighted by Crippen LogP contribution is 2.21. The average molecular weight is 301 g/mol. The Bertz CT molecular complexity index is 538. The van der Waals surface area contributed by atoms with E-state index < -0.39 is 24.4 Å². The summed E-state index contributed by atoms with van der Waals surface area (Å²) in [6.45, 7) is 2.75. The summed E-state index contributed by atoms with van der Waals surface area (Å²) in [5.41, 5.74) is -0.402. The molecule has 0 saturated carbocycles. The normalized spacial score (nSPS) is 11.1. The van der Waals surface area contributed by atoms with Gasteiger partial charge < -0.3 is 10.6 Å². The van der Waals surface area contributed by atoms with Crippen LogP contribution < -0.4 is 10.6 Å². The molecule has 0 aliphatic heterocycles. The van der Waals surface area contributed by atoms with E-state index in [9.17, 15) is 13.6 Å². The number of carbonyl (C=O) groups excluding carboxylic acids is 1. The molecule has 0 unspecified atom stereocenters.